The summed E-state index contributed by atoms with van der Waals surface area (Å²) in [6, 6.07) is 4.07. The molecule has 0 unspecified atom stereocenters. The van der Waals surface area contributed by atoms with Gasteiger partial charge in [0.15, 0.2) is 6.19 Å². The van der Waals surface area contributed by atoms with Crippen molar-refractivity contribution < 1.29 is 12.8 Å². The summed E-state index contributed by atoms with van der Waals surface area (Å²) in [4.78, 5) is 1.20. The lowest BCUT2D eigenvalue weighted by Gasteiger charge is -2.15. The summed E-state index contributed by atoms with van der Waals surface area (Å²) in [7, 11) is -3.13. The fourth-order valence-electron chi connectivity index (χ4n) is 1.15. The summed E-state index contributed by atoms with van der Waals surface area (Å²) in [5, 5.41) is 8.91. The van der Waals surface area contributed by atoms with Gasteiger partial charge in [-0.15, -0.1) is 0 Å². The van der Waals surface area contributed by atoms with Crippen molar-refractivity contribution >= 4 is 31.5 Å². The SMILES string of the molecule is CS(=O)(=O)CCN(C#N)c1ccc(F)c(Br)c1. The Labute approximate surface area is 108 Å². The molecule has 0 atom stereocenters. The molecule has 7 heteroatoms. The molecule has 0 aromatic heterocycles. The Morgan fingerprint density at radius 3 is 2.65 bits per heavy atom. The molecule has 4 nitrogen and oxygen atoms in total. The molecular weight excluding hydrogens is 311 g/mol. The number of hydrogen-bond donors (Lipinski definition) is 0. The minimum absolute atomic E-state index is 0.0490. The first-order chi connectivity index (χ1) is 7.83. The van der Waals surface area contributed by atoms with Gasteiger partial charge >= 0.3 is 0 Å². The highest BCUT2D eigenvalue weighted by atomic mass is 79.9. The van der Waals surface area contributed by atoms with Crippen LogP contribution in [0.4, 0.5) is 10.1 Å². The van der Waals surface area contributed by atoms with Gasteiger partial charge in [-0.2, -0.15) is 5.26 Å². The van der Waals surface area contributed by atoms with Gasteiger partial charge in [-0.25, -0.2) is 12.8 Å². The maximum absolute atomic E-state index is 13.0. The summed E-state index contributed by atoms with van der Waals surface area (Å²) >= 11 is 3.00. The monoisotopic (exact) mass is 320 g/mol. The number of sulfone groups is 1. The predicted octanol–water partition coefficient (Wildman–Crippen LogP) is 1.92. The highest BCUT2D eigenvalue weighted by Crippen LogP contribution is 2.22. The normalized spacial score (nSPS) is 10.9. The molecule has 0 amide bonds. The Morgan fingerprint density at radius 1 is 1.53 bits per heavy atom. The zero-order valence-electron chi connectivity index (χ0n) is 9.02. The molecule has 0 saturated heterocycles. The summed E-state index contributed by atoms with van der Waals surface area (Å²) in [5.74, 6) is -0.565. The van der Waals surface area contributed by atoms with Gasteiger partial charge in [0.2, 0.25) is 0 Å². The van der Waals surface area contributed by atoms with E-state index in [1.54, 1.807) is 0 Å². The van der Waals surface area contributed by atoms with Gasteiger partial charge in [0, 0.05) is 12.8 Å². The van der Waals surface area contributed by atoms with Crippen LogP contribution in [0.25, 0.3) is 0 Å². The first kappa shape index (κ1) is 13.9. The van der Waals surface area contributed by atoms with E-state index in [-0.39, 0.29) is 16.8 Å². The van der Waals surface area contributed by atoms with Crippen LogP contribution in [-0.4, -0.2) is 27.0 Å². The van der Waals surface area contributed by atoms with Crippen molar-refractivity contribution in [2.24, 2.45) is 0 Å². The minimum Gasteiger partial charge on any atom is -0.278 e. The van der Waals surface area contributed by atoms with Crippen molar-refractivity contribution in [3.8, 4) is 6.19 Å². The van der Waals surface area contributed by atoms with Gasteiger partial charge in [0.25, 0.3) is 0 Å². The van der Waals surface area contributed by atoms with Crippen LogP contribution in [0.1, 0.15) is 0 Å². The maximum atomic E-state index is 13.0. The average Bonchev–Trinajstić information content (AvgIpc) is 2.22. The third-order valence-corrected chi connectivity index (χ3v) is 3.55. The molecule has 1 aromatic carbocycles. The molecule has 0 radical (unpaired) electrons. The molecule has 0 N–H and O–H groups in total. The fraction of sp³-hybridized carbons (Fsp3) is 0.300. The Bertz CT molecular complexity index is 554. The maximum Gasteiger partial charge on any atom is 0.184 e. The van der Waals surface area contributed by atoms with E-state index < -0.39 is 15.7 Å². The van der Waals surface area contributed by atoms with Crippen molar-refractivity contribution in [1.82, 2.24) is 0 Å². The van der Waals surface area contributed by atoms with Crippen LogP contribution < -0.4 is 4.90 Å². The zero-order valence-corrected chi connectivity index (χ0v) is 11.4. The van der Waals surface area contributed by atoms with Gasteiger partial charge in [-0.1, -0.05) is 0 Å². The smallest absolute Gasteiger partial charge is 0.184 e. The van der Waals surface area contributed by atoms with Gasteiger partial charge in [-0.05, 0) is 34.1 Å². The van der Waals surface area contributed by atoms with Gasteiger partial charge in [-0.3, -0.25) is 4.90 Å². The first-order valence-corrected chi connectivity index (χ1v) is 7.49. The second-order valence-corrected chi connectivity index (χ2v) is 6.59. The molecule has 0 fully saturated rings. The van der Waals surface area contributed by atoms with Gasteiger partial charge in [0.05, 0.1) is 15.9 Å². The highest BCUT2D eigenvalue weighted by Gasteiger charge is 2.11. The number of nitriles is 1. The number of rotatable bonds is 4. The van der Waals surface area contributed by atoms with Crippen LogP contribution in [0.2, 0.25) is 0 Å². The molecular formula is C10H10BrFN2O2S. The van der Waals surface area contributed by atoms with Crippen molar-refractivity contribution in [3.05, 3.63) is 28.5 Å². The predicted molar refractivity (Wildman–Crippen MR) is 66.8 cm³/mol. The second-order valence-electron chi connectivity index (χ2n) is 3.48. The zero-order chi connectivity index (χ0) is 13.1. The molecule has 1 aromatic rings. The van der Waals surface area contributed by atoms with Crippen LogP contribution in [0.3, 0.4) is 0 Å². The molecule has 17 heavy (non-hydrogen) atoms. The molecule has 0 spiro atoms. The van der Waals surface area contributed by atoms with Crippen molar-refractivity contribution in [2.45, 2.75) is 0 Å². The lowest BCUT2D eigenvalue weighted by Crippen LogP contribution is -2.24. The van der Waals surface area contributed by atoms with Crippen molar-refractivity contribution in [3.63, 3.8) is 0 Å². The van der Waals surface area contributed by atoms with Crippen LogP contribution in [0.15, 0.2) is 22.7 Å². The molecule has 0 saturated carbocycles. The Morgan fingerprint density at radius 2 is 2.18 bits per heavy atom. The molecule has 92 valence electrons. The van der Waals surface area contributed by atoms with E-state index in [2.05, 4.69) is 15.9 Å². The Hall–Kier alpha value is -1.13. The molecule has 0 aliphatic rings. The van der Waals surface area contributed by atoms with Crippen LogP contribution in [0, 0.1) is 17.3 Å². The average molecular weight is 321 g/mol. The quantitative estimate of drug-likeness (QED) is 0.628. The van der Waals surface area contributed by atoms with Crippen LogP contribution in [-0.2, 0) is 9.84 Å². The Kier molecular flexibility index (Phi) is 4.48. The van der Waals surface area contributed by atoms with E-state index in [1.807, 2.05) is 6.19 Å². The third-order valence-electron chi connectivity index (χ3n) is 2.02. The topological polar surface area (TPSA) is 61.2 Å². The standard InChI is InChI=1S/C10H10BrFN2O2S/c1-17(15,16)5-4-14(7-13)8-2-3-10(12)9(11)6-8/h2-3,6H,4-5H2,1H3. The van der Waals surface area contributed by atoms with Crippen LogP contribution in [0.5, 0.6) is 0 Å². The Balaban J connectivity index is 2.88. The summed E-state index contributed by atoms with van der Waals surface area (Å²) in [6.07, 6.45) is 2.96. The summed E-state index contributed by atoms with van der Waals surface area (Å²) < 4.78 is 35.2. The third kappa shape index (κ3) is 4.32. The fourth-order valence-corrected chi connectivity index (χ4v) is 2.03. The summed E-state index contributed by atoms with van der Waals surface area (Å²) in [6.45, 7) is 0.0490. The number of hydrogen-bond acceptors (Lipinski definition) is 4. The van der Waals surface area contributed by atoms with E-state index >= 15 is 0 Å². The van der Waals surface area contributed by atoms with E-state index in [0.29, 0.717) is 5.69 Å². The van der Waals surface area contributed by atoms with E-state index in [0.717, 1.165) is 6.26 Å². The minimum atomic E-state index is -3.13. The largest absolute Gasteiger partial charge is 0.278 e. The van der Waals surface area contributed by atoms with E-state index in [1.165, 1.54) is 23.1 Å². The first-order valence-electron chi connectivity index (χ1n) is 4.63. The van der Waals surface area contributed by atoms with Crippen LogP contribution >= 0.6 is 15.9 Å². The molecule has 1 rings (SSSR count). The van der Waals surface area contributed by atoms with Crippen molar-refractivity contribution in [2.75, 3.05) is 23.5 Å². The van der Waals surface area contributed by atoms with Gasteiger partial charge in [0.1, 0.15) is 15.7 Å². The highest BCUT2D eigenvalue weighted by molar-refractivity contribution is 9.10. The molecule has 0 bridgehead atoms. The summed E-state index contributed by atoms with van der Waals surface area (Å²) in [5.41, 5.74) is 0.449. The number of benzene rings is 1. The lowest BCUT2D eigenvalue weighted by atomic mass is 10.3. The van der Waals surface area contributed by atoms with Gasteiger partial charge < -0.3 is 0 Å². The number of halogens is 2. The molecule has 0 aliphatic heterocycles. The molecule has 0 aliphatic carbocycles. The second kappa shape index (κ2) is 5.47. The molecule has 0 heterocycles. The van der Waals surface area contributed by atoms with Crippen molar-refractivity contribution in [1.29, 1.82) is 5.26 Å². The van der Waals surface area contributed by atoms with E-state index in [9.17, 15) is 12.8 Å². The number of nitrogens with zero attached hydrogens (tertiary/aromatic N) is 2. The lowest BCUT2D eigenvalue weighted by molar-refractivity contribution is 0.601. The number of anilines is 1. The van der Waals surface area contributed by atoms with E-state index in [4.69, 9.17) is 5.26 Å².